The van der Waals surface area contributed by atoms with Crippen molar-refractivity contribution in [1.29, 1.82) is 0 Å². The Labute approximate surface area is 89.2 Å². The van der Waals surface area contributed by atoms with E-state index in [-0.39, 0.29) is 6.02 Å². The van der Waals surface area contributed by atoms with E-state index in [4.69, 9.17) is 5.73 Å². The molecule has 0 aliphatic heterocycles. The van der Waals surface area contributed by atoms with Crippen molar-refractivity contribution in [2.45, 2.75) is 12.8 Å². The molecule has 0 fully saturated rings. The van der Waals surface area contributed by atoms with Gasteiger partial charge in [-0.15, -0.1) is 0 Å². The van der Waals surface area contributed by atoms with Crippen molar-refractivity contribution in [1.82, 2.24) is 0 Å². The van der Waals surface area contributed by atoms with E-state index in [1.807, 2.05) is 18.2 Å². The van der Waals surface area contributed by atoms with E-state index >= 15 is 0 Å². The Balaban J connectivity index is 2.32. The molecule has 3 N–H and O–H groups in total. The quantitative estimate of drug-likeness (QED) is 0.281. The number of unbranched alkanes of at least 4 members (excludes halogenated alkanes) is 1. The lowest BCUT2D eigenvalue weighted by molar-refractivity contribution is -0.644. The van der Waals surface area contributed by atoms with E-state index in [2.05, 4.69) is 10.4 Å². The predicted molar refractivity (Wildman–Crippen MR) is 56.6 cm³/mol. The van der Waals surface area contributed by atoms with Crippen molar-refractivity contribution in [2.24, 2.45) is 10.7 Å². The Morgan fingerprint density at radius 3 is 2.67 bits per heavy atom. The average Bonchev–Trinajstić information content (AvgIpc) is 2.26. The zero-order chi connectivity index (χ0) is 10.9. The summed E-state index contributed by atoms with van der Waals surface area (Å²) < 4.78 is 1.56. The van der Waals surface area contributed by atoms with Gasteiger partial charge in [0.25, 0.3) is 0 Å². The van der Waals surface area contributed by atoms with Gasteiger partial charge in [-0.1, -0.05) is 10.7 Å². The zero-order valence-electron chi connectivity index (χ0n) is 8.60. The lowest BCUT2D eigenvalue weighted by Crippen LogP contribution is -2.52. The average molecular weight is 208 g/mol. The normalized spacial score (nSPS) is 11.4. The molecule has 0 saturated heterocycles. The van der Waals surface area contributed by atoms with Crippen LogP contribution >= 0.6 is 0 Å². The predicted octanol–water partition coefficient (Wildman–Crippen LogP) is -1.03. The number of hydrogen-bond donors (Lipinski definition) is 2. The molecular weight excluding hydrogens is 192 g/mol. The highest BCUT2D eigenvalue weighted by molar-refractivity contribution is 5.75. The Morgan fingerprint density at radius 2 is 2.00 bits per heavy atom. The Morgan fingerprint density at radius 1 is 1.27 bits per heavy atom. The number of pyridine rings is 1. The van der Waals surface area contributed by atoms with E-state index in [0.29, 0.717) is 13.1 Å². The number of aliphatic imine (C=N–C) groups is 1. The van der Waals surface area contributed by atoms with Crippen LogP contribution in [0.3, 0.4) is 0 Å². The molecule has 1 aromatic rings. The monoisotopic (exact) mass is 208 g/mol. The fraction of sp³-hybridized carbons (Fsp3) is 0.400. The molecule has 0 aliphatic rings. The van der Waals surface area contributed by atoms with Crippen LogP contribution in [0.2, 0.25) is 0 Å². The summed E-state index contributed by atoms with van der Waals surface area (Å²) in [6, 6.07) is 5.20. The third-order valence-electron chi connectivity index (χ3n) is 1.81. The van der Waals surface area contributed by atoms with Gasteiger partial charge in [0.1, 0.15) is 6.02 Å². The molecule has 15 heavy (non-hydrogen) atoms. The largest absolute Gasteiger partial charge is 0.842 e. The Bertz CT molecular complexity index is 300. The second-order valence-corrected chi connectivity index (χ2v) is 3.08. The van der Waals surface area contributed by atoms with Crippen molar-refractivity contribution in [3.05, 3.63) is 30.6 Å². The number of nitrogens with two attached hydrogens (primary N) is 1. The van der Waals surface area contributed by atoms with Crippen LogP contribution in [0, 0.1) is 0 Å². The highest BCUT2D eigenvalue weighted by atomic mass is 16.3. The molecular formula is C10H16N4O. The maximum atomic E-state index is 11.2. The fourth-order valence-corrected chi connectivity index (χ4v) is 1.06. The molecule has 5 heteroatoms. The molecule has 0 amide bonds. The van der Waals surface area contributed by atoms with Gasteiger partial charge in [-0.25, -0.2) is 0 Å². The molecule has 0 radical (unpaired) electrons. The van der Waals surface area contributed by atoms with E-state index < -0.39 is 0 Å². The number of aromatic nitrogens is 1. The summed E-state index contributed by atoms with van der Waals surface area (Å²) in [6.07, 6.45) is 5.24. The van der Waals surface area contributed by atoms with Crippen LogP contribution < -0.4 is 20.9 Å². The third-order valence-corrected chi connectivity index (χ3v) is 1.81. The first kappa shape index (κ1) is 11.5. The van der Waals surface area contributed by atoms with Crippen LogP contribution in [-0.4, -0.2) is 19.1 Å². The minimum atomic E-state index is -0.330. The van der Waals surface area contributed by atoms with Gasteiger partial charge in [-0.2, -0.15) is 5.43 Å². The standard InChI is InChI=1S/C10H16N4O/c11-6-2-3-7-12-10(15)13-14-8-4-1-5-9-14/h1,4-5,8-9H,2-3,6-7,11H2,(H-,12,13,15). The van der Waals surface area contributed by atoms with Crippen LogP contribution in [0.5, 0.6) is 0 Å². The molecule has 0 atom stereocenters. The van der Waals surface area contributed by atoms with E-state index in [1.165, 1.54) is 0 Å². The highest BCUT2D eigenvalue weighted by Crippen LogP contribution is 1.85. The van der Waals surface area contributed by atoms with Crippen molar-refractivity contribution in [3.63, 3.8) is 0 Å². The number of rotatable bonds is 5. The summed E-state index contributed by atoms with van der Waals surface area (Å²) in [5.74, 6) is 0. The van der Waals surface area contributed by atoms with Crippen LogP contribution in [0.15, 0.2) is 35.6 Å². The molecule has 0 aliphatic carbocycles. The second-order valence-electron chi connectivity index (χ2n) is 3.08. The SMILES string of the molecule is NCCCCN=C([O-])N[n+]1ccccc1. The van der Waals surface area contributed by atoms with Gasteiger partial charge in [-0.3, -0.25) is 4.99 Å². The molecule has 0 saturated carbocycles. The molecule has 0 spiro atoms. The minimum Gasteiger partial charge on any atom is -0.842 e. The molecule has 5 nitrogen and oxygen atoms in total. The zero-order valence-corrected chi connectivity index (χ0v) is 8.60. The van der Waals surface area contributed by atoms with E-state index in [9.17, 15) is 5.11 Å². The van der Waals surface area contributed by atoms with E-state index in [0.717, 1.165) is 12.8 Å². The summed E-state index contributed by atoms with van der Waals surface area (Å²) >= 11 is 0. The minimum absolute atomic E-state index is 0.330. The van der Waals surface area contributed by atoms with Crippen LogP contribution in [0.1, 0.15) is 12.8 Å². The molecule has 0 aromatic carbocycles. The lowest BCUT2D eigenvalue weighted by atomic mass is 10.3. The molecule has 1 heterocycles. The van der Waals surface area contributed by atoms with Gasteiger partial charge in [0.15, 0.2) is 12.4 Å². The highest BCUT2D eigenvalue weighted by Gasteiger charge is 1.93. The molecule has 0 unspecified atom stereocenters. The van der Waals surface area contributed by atoms with Crippen LogP contribution in [0.25, 0.3) is 0 Å². The summed E-state index contributed by atoms with van der Waals surface area (Å²) in [7, 11) is 0. The Hall–Kier alpha value is -1.62. The smallest absolute Gasteiger partial charge is 0.199 e. The molecule has 82 valence electrons. The summed E-state index contributed by atoms with van der Waals surface area (Å²) in [4.78, 5) is 3.83. The van der Waals surface area contributed by atoms with Crippen molar-refractivity contribution in [2.75, 3.05) is 18.5 Å². The lowest BCUT2D eigenvalue weighted by Gasteiger charge is -2.07. The number of amidine groups is 1. The first-order valence-electron chi connectivity index (χ1n) is 4.98. The van der Waals surface area contributed by atoms with Gasteiger partial charge in [-0.05, 0) is 19.4 Å². The Kier molecular flexibility index (Phi) is 5.18. The van der Waals surface area contributed by atoms with Crippen molar-refractivity contribution < 1.29 is 9.78 Å². The van der Waals surface area contributed by atoms with Gasteiger partial charge >= 0.3 is 0 Å². The first-order chi connectivity index (χ1) is 7.33. The third kappa shape index (κ3) is 4.97. The van der Waals surface area contributed by atoms with Crippen molar-refractivity contribution in [3.8, 4) is 0 Å². The van der Waals surface area contributed by atoms with Crippen LogP contribution in [-0.2, 0) is 0 Å². The molecule has 1 rings (SSSR count). The van der Waals surface area contributed by atoms with E-state index in [1.54, 1.807) is 17.1 Å². The maximum Gasteiger partial charge on any atom is 0.199 e. The second kappa shape index (κ2) is 6.78. The van der Waals surface area contributed by atoms with Crippen LogP contribution in [0.4, 0.5) is 0 Å². The topological polar surface area (TPSA) is 77.3 Å². The molecule has 0 bridgehead atoms. The van der Waals surface area contributed by atoms with Gasteiger partial charge in [0.2, 0.25) is 0 Å². The van der Waals surface area contributed by atoms with Gasteiger partial charge < -0.3 is 10.8 Å². The van der Waals surface area contributed by atoms with Gasteiger partial charge in [0.05, 0.1) is 0 Å². The summed E-state index contributed by atoms with van der Waals surface area (Å²) in [6.45, 7) is 1.17. The summed E-state index contributed by atoms with van der Waals surface area (Å²) in [5.41, 5.74) is 7.92. The van der Waals surface area contributed by atoms with Crippen molar-refractivity contribution >= 4 is 6.02 Å². The summed E-state index contributed by atoms with van der Waals surface area (Å²) in [5, 5.41) is 11.2. The van der Waals surface area contributed by atoms with Gasteiger partial charge in [0, 0.05) is 18.7 Å². The fourth-order valence-electron chi connectivity index (χ4n) is 1.06. The maximum absolute atomic E-state index is 11.2. The number of nitrogens with zero attached hydrogens (tertiary/aromatic N) is 2. The first-order valence-corrected chi connectivity index (χ1v) is 4.98. The molecule has 1 aromatic heterocycles. The number of hydrogen-bond acceptors (Lipinski definition) is 3. The number of nitrogens with one attached hydrogen (secondary N) is 1.